The van der Waals surface area contributed by atoms with E-state index in [9.17, 15) is 4.79 Å². The Labute approximate surface area is 134 Å². The third-order valence-electron chi connectivity index (χ3n) is 4.47. The van der Waals surface area contributed by atoms with Crippen LogP contribution in [0.1, 0.15) is 29.4 Å². The lowest BCUT2D eigenvalue weighted by molar-refractivity contribution is 0.0873. The summed E-state index contributed by atoms with van der Waals surface area (Å²) in [7, 11) is 4.27. The summed E-state index contributed by atoms with van der Waals surface area (Å²) < 4.78 is 3.09. The molecular formula is C15H23BrN4O. The van der Waals surface area contributed by atoms with Gasteiger partial charge in [-0.3, -0.25) is 9.69 Å². The van der Waals surface area contributed by atoms with Gasteiger partial charge in [0, 0.05) is 48.9 Å². The van der Waals surface area contributed by atoms with Gasteiger partial charge in [0.05, 0.1) is 0 Å². The normalized spacial score (nSPS) is 24.2. The number of carbonyl (C=O) groups is 1. The molecule has 21 heavy (non-hydrogen) atoms. The molecule has 1 aromatic heterocycles. The highest BCUT2D eigenvalue weighted by Gasteiger charge is 2.28. The van der Waals surface area contributed by atoms with Crippen molar-refractivity contribution in [3.8, 4) is 0 Å². The molecule has 1 aliphatic heterocycles. The third kappa shape index (κ3) is 3.49. The van der Waals surface area contributed by atoms with Crippen molar-refractivity contribution in [3.63, 3.8) is 0 Å². The van der Waals surface area contributed by atoms with Gasteiger partial charge in [0.25, 0.3) is 5.91 Å². The van der Waals surface area contributed by atoms with Gasteiger partial charge >= 0.3 is 0 Å². The molecule has 1 aromatic rings. The SMILES string of the molecule is CN1CCN(C)C(CNC(=O)c2cc(Br)cn2C2CC2)C1. The van der Waals surface area contributed by atoms with E-state index in [2.05, 4.69) is 49.7 Å². The molecule has 1 saturated carbocycles. The minimum atomic E-state index is 0.0363. The van der Waals surface area contributed by atoms with E-state index in [1.165, 1.54) is 12.8 Å². The number of rotatable bonds is 4. The Morgan fingerprint density at radius 2 is 2.14 bits per heavy atom. The van der Waals surface area contributed by atoms with E-state index in [4.69, 9.17) is 0 Å². The fourth-order valence-corrected chi connectivity index (χ4v) is 3.34. The molecule has 1 aliphatic carbocycles. The molecule has 2 aliphatic rings. The Balaban J connectivity index is 1.61. The molecule has 1 amide bonds. The summed E-state index contributed by atoms with van der Waals surface area (Å²) in [6.07, 6.45) is 4.38. The van der Waals surface area contributed by atoms with Crippen molar-refractivity contribution in [2.75, 3.05) is 40.3 Å². The van der Waals surface area contributed by atoms with Crippen molar-refractivity contribution in [2.45, 2.75) is 24.9 Å². The van der Waals surface area contributed by atoms with Crippen LogP contribution in [0.4, 0.5) is 0 Å². The van der Waals surface area contributed by atoms with Crippen molar-refractivity contribution < 1.29 is 4.79 Å². The van der Waals surface area contributed by atoms with Crippen LogP contribution in [0.15, 0.2) is 16.7 Å². The van der Waals surface area contributed by atoms with Crippen molar-refractivity contribution in [1.82, 2.24) is 19.7 Å². The van der Waals surface area contributed by atoms with Gasteiger partial charge in [-0.15, -0.1) is 0 Å². The quantitative estimate of drug-likeness (QED) is 0.891. The van der Waals surface area contributed by atoms with Crippen LogP contribution in [0, 0.1) is 0 Å². The number of halogens is 1. The average Bonchev–Trinajstić information content (AvgIpc) is 3.22. The zero-order valence-electron chi connectivity index (χ0n) is 12.7. The lowest BCUT2D eigenvalue weighted by Crippen LogP contribution is -2.54. The first kappa shape index (κ1) is 15.1. The minimum Gasteiger partial charge on any atom is -0.349 e. The maximum atomic E-state index is 12.5. The van der Waals surface area contributed by atoms with Gasteiger partial charge in [-0.2, -0.15) is 0 Å². The van der Waals surface area contributed by atoms with Crippen molar-refractivity contribution in [3.05, 3.63) is 22.4 Å². The average molecular weight is 355 g/mol. The number of hydrogen-bond donors (Lipinski definition) is 1. The van der Waals surface area contributed by atoms with Crippen molar-refractivity contribution in [1.29, 1.82) is 0 Å². The van der Waals surface area contributed by atoms with Gasteiger partial charge in [0.1, 0.15) is 5.69 Å². The zero-order chi connectivity index (χ0) is 15.0. The first-order chi connectivity index (χ1) is 10.0. The molecule has 0 radical (unpaired) electrons. The number of nitrogens with zero attached hydrogens (tertiary/aromatic N) is 3. The molecule has 6 heteroatoms. The Hall–Kier alpha value is -0.850. The number of likely N-dealkylation sites (N-methyl/N-ethyl adjacent to an activating group) is 2. The van der Waals surface area contributed by atoms with Gasteiger partial charge in [-0.25, -0.2) is 0 Å². The first-order valence-electron chi connectivity index (χ1n) is 7.59. The number of hydrogen-bond acceptors (Lipinski definition) is 3. The van der Waals surface area contributed by atoms with Gasteiger partial charge < -0.3 is 14.8 Å². The Bertz CT molecular complexity index is 526. The number of nitrogens with one attached hydrogen (secondary N) is 1. The summed E-state index contributed by atoms with van der Waals surface area (Å²) in [6, 6.07) is 2.82. The molecule has 2 fully saturated rings. The van der Waals surface area contributed by atoms with E-state index in [0.29, 0.717) is 18.6 Å². The largest absolute Gasteiger partial charge is 0.349 e. The van der Waals surface area contributed by atoms with E-state index >= 15 is 0 Å². The summed E-state index contributed by atoms with van der Waals surface area (Å²) >= 11 is 3.48. The van der Waals surface area contributed by atoms with Gasteiger partial charge in [-0.05, 0) is 48.9 Å². The number of piperazine rings is 1. The second-order valence-electron chi connectivity index (χ2n) is 6.29. The third-order valence-corrected chi connectivity index (χ3v) is 4.90. The fraction of sp³-hybridized carbons (Fsp3) is 0.667. The number of amides is 1. The lowest BCUT2D eigenvalue weighted by Gasteiger charge is -2.37. The molecule has 0 spiro atoms. The molecule has 0 aromatic carbocycles. The molecule has 116 valence electrons. The van der Waals surface area contributed by atoms with Crippen LogP contribution in [-0.2, 0) is 0 Å². The van der Waals surface area contributed by atoms with Crippen LogP contribution < -0.4 is 5.32 Å². The predicted molar refractivity (Wildman–Crippen MR) is 86.7 cm³/mol. The van der Waals surface area contributed by atoms with Gasteiger partial charge in [0.2, 0.25) is 0 Å². The first-order valence-corrected chi connectivity index (χ1v) is 8.38. The summed E-state index contributed by atoms with van der Waals surface area (Å²) in [5.41, 5.74) is 0.774. The van der Waals surface area contributed by atoms with Crippen LogP contribution in [0.2, 0.25) is 0 Å². The molecule has 1 saturated heterocycles. The van der Waals surface area contributed by atoms with Crippen LogP contribution >= 0.6 is 15.9 Å². The minimum absolute atomic E-state index is 0.0363. The van der Waals surface area contributed by atoms with E-state index in [1.54, 1.807) is 0 Å². The van der Waals surface area contributed by atoms with Gasteiger partial charge in [0.15, 0.2) is 0 Å². The Morgan fingerprint density at radius 1 is 1.38 bits per heavy atom. The molecular weight excluding hydrogens is 332 g/mol. The maximum absolute atomic E-state index is 12.5. The zero-order valence-corrected chi connectivity index (χ0v) is 14.3. The Morgan fingerprint density at radius 3 is 2.86 bits per heavy atom. The smallest absolute Gasteiger partial charge is 0.268 e. The summed E-state index contributed by atoms with van der Waals surface area (Å²) in [6.45, 7) is 3.86. The van der Waals surface area contributed by atoms with Crippen LogP contribution in [0.5, 0.6) is 0 Å². The van der Waals surface area contributed by atoms with Crippen LogP contribution in [0.25, 0.3) is 0 Å². The summed E-state index contributed by atoms with van der Waals surface area (Å²) in [4.78, 5) is 17.1. The fourth-order valence-electron chi connectivity index (χ4n) is 2.91. The molecule has 2 heterocycles. The molecule has 5 nitrogen and oxygen atoms in total. The Kier molecular flexibility index (Phi) is 4.38. The molecule has 0 bridgehead atoms. The van der Waals surface area contributed by atoms with E-state index < -0.39 is 0 Å². The number of carbonyl (C=O) groups excluding carboxylic acids is 1. The highest BCUT2D eigenvalue weighted by Crippen LogP contribution is 2.37. The molecule has 1 unspecified atom stereocenters. The molecule has 1 N–H and O–H groups in total. The highest BCUT2D eigenvalue weighted by atomic mass is 79.9. The summed E-state index contributed by atoms with van der Waals surface area (Å²) in [5, 5.41) is 3.11. The second-order valence-corrected chi connectivity index (χ2v) is 7.20. The number of aromatic nitrogens is 1. The van der Waals surface area contributed by atoms with E-state index in [-0.39, 0.29) is 5.91 Å². The van der Waals surface area contributed by atoms with Gasteiger partial charge in [-0.1, -0.05) is 0 Å². The maximum Gasteiger partial charge on any atom is 0.268 e. The second kappa shape index (κ2) is 6.10. The lowest BCUT2D eigenvalue weighted by atomic mass is 10.2. The van der Waals surface area contributed by atoms with E-state index in [1.807, 2.05) is 12.3 Å². The van der Waals surface area contributed by atoms with E-state index in [0.717, 1.165) is 29.8 Å². The standard InChI is InChI=1S/C15H23BrN4O/c1-18-5-6-19(2)13(10-18)8-17-15(21)14-7-11(16)9-20(14)12-3-4-12/h7,9,12-13H,3-6,8,10H2,1-2H3,(H,17,21). The highest BCUT2D eigenvalue weighted by molar-refractivity contribution is 9.10. The van der Waals surface area contributed by atoms with Crippen LogP contribution in [-0.4, -0.2) is 66.6 Å². The molecule has 3 rings (SSSR count). The monoisotopic (exact) mass is 354 g/mol. The summed E-state index contributed by atoms with van der Waals surface area (Å²) in [5.74, 6) is 0.0363. The van der Waals surface area contributed by atoms with Crippen LogP contribution in [0.3, 0.4) is 0 Å². The topological polar surface area (TPSA) is 40.5 Å². The van der Waals surface area contributed by atoms with Crippen molar-refractivity contribution in [2.24, 2.45) is 0 Å². The predicted octanol–water partition coefficient (Wildman–Crippen LogP) is 1.56. The van der Waals surface area contributed by atoms with Crippen molar-refractivity contribution >= 4 is 21.8 Å². The molecule has 1 atom stereocenters.